The van der Waals surface area contributed by atoms with Crippen molar-refractivity contribution in [1.29, 1.82) is 0 Å². The third-order valence-corrected chi connectivity index (χ3v) is 3.92. The Hall–Kier alpha value is -1.86. The topological polar surface area (TPSA) is 49.3 Å². The Morgan fingerprint density at radius 3 is 2.48 bits per heavy atom. The lowest BCUT2D eigenvalue weighted by Gasteiger charge is -2.40. The quantitative estimate of drug-likeness (QED) is 0.831. The second-order valence-corrected chi connectivity index (χ2v) is 5.39. The standard InChI is InChI=1S/C13H15F3N4O/c14-13(15,16)10-5-11(18-8-17-10)20-6-9(7-20)12(21)19-3-1-2-4-19/h5,8-9H,1-4,6-7H2. The Morgan fingerprint density at radius 1 is 1.19 bits per heavy atom. The molecule has 0 radical (unpaired) electrons. The van der Waals surface area contributed by atoms with Crippen molar-refractivity contribution in [2.75, 3.05) is 31.1 Å². The normalized spacial score (nSPS) is 19.8. The highest BCUT2D eigenvalue weighted by molar-refractivity contribution is 5.82. The van der Waals surface area contributed by atoms with E-state index in [1.807, 2.05) is 4.90 Å². The Kier molecular flexibility index (Phi) is 3.46. The number of alkyl halides is 3. The van der Waals surface area contributed by atoms with Crippen molar-refractivity contribution in [2.24, 2.45) is 5.92 Å². The van der Waals surface area contributed by atoms with E-state index in [1.165, 1.54) is 0 Å². The van der Waals surface area contributed by atoms with Gasteiger partial charge < -0.3 is 9.80 Å². The zero-order chi connectivity index (χ0) is 15.0. The van der Waals surface area contributed by atoms with E-state index in [2.05, 4.69) is 9.97 Å². The van der Waals surface area contributed by atoms with Crippen molar-refractivity contribution in [3.8, 4) is 0 Å². The van der Waals surface area contributed by atoms with E-state index in [9.17, 15) is 18.0 Å². The molecule has 2 aliphatic heterocycles. The van der Waals surface area contributed by atoms with Crippen LogP contribution in [-0.2, 0) is 11.0 Å². The molecule has 1 aromatic rings. The average molecular weight is 300 g/mol. The molecule has 3 rings (SSSR count). The van der Waals surface area contributed by atoms with Crippen LogP contribution in [0.1, 0.15) is 18.5 Å². The fourth-order valence-electron chi connectivity index (χ4n) is 2.69. The molecule has 0 atom stereocenters. The molecule has 0 bridgehead atoms. The highest BCUT2D eigenvalue weighted by Crippen LogP contribution is 2.31. The molecule has 0 saturated carbocycles. The van der Waals surface area contributed by atoms with Crippen molar-refractivity contribution in [2.45, 2.75) is 19.0 Å². The summed E-state index contributed by atoms with van der Waals surface area (Å²) in [5, 5.41) is 0. The van der Waals surface area contributed by atoms with Gasteiger partial charge in [-0.25, -0.2) is 9.97 Å². The first-order valence-corrected chi connectivity index (χ1v) is 6.88. The van der Waals surface area contributed by atoms with Crippen molar-refractivity contribution >= 4 is 11.7 Å². The summed E-state index contributed by atoms with van der Waals surface area (Å²) in [6, 6.07) is 0.927. The van der Waals surface area contributed by atoms with Crippen LogP contribution in [0.4, 0.5) is 19.0 Å². The van der Waals surface area contributed by atoms with Gasteiger partial charge in [0.1, 0.15) is 17.8 Å². The number of aromatic nitrogens is 2. The molecule has 0 spiro atoms. The van der Waals surface area contributed by atoms with Gasteiger partial charge in [-0.05, 0) is 12.8 Å². The first-order valence-electron chi connectivity index (χ1n) is 6.88. The van der Waals surface area contributed by atoms with Crippen LogP contribution in [0.5, 0.6) is 0 Å². The molecule has 2 fully saturated rings. The van der Waals surface area contributed by atoms with Gasteiger partial charge in [-0.3, -0.25) is 4.79 Å². The van der Waals surface area contributed by atoms with E-state index < -0.39 is 11.9 Å². The molecule has 8 heteroatoms. The third kappa shape index (κ3) is 2.79. The summed E-state index contributed by atoms with van der Waals surface area (Å²) in [6.07, 6.45) is -1.51. The van der Waals surface area contributed by atoms with Crippen LogP contribution in [0.25, 0.3) is 0 Å². The molecular weight excluding hydrogens is 285 g/mol. The number of amides is 1. The van der Waals surface area contributed by atoms with E-state index in [0.717, 1.165) is 38.3 Å². The van der Waals surface area contributed by atoms with Gasteiger partial charge in [-0.1, -0.05) is 0 Å². The Bertz CT molecular complexity index is 536. The number of nitrogens with zero attached hydrogens (tertiary/aromatic N) is 4. The van der Waals surface area contributed by atoms with Crippen LogP contribution in [0.2, 0.25) is 0 Å². The van der Waals surface area contributed by atoms with E-state index in [0.29, 0.717) is 13.1 Å². The van der Waals surface area contributed by atoms with Crippen molar-refractivity contribution in [3.05, 3.63) is 18.1 Å². The Morgan fingerprint density at radius 2 is 1.86 bits per heavy atom. The molecule has 0 N–H and O–H groups in total. The van der Waals surface area contributed by atoms with Crippen LogP contribution in [0.3, 0.4) is 0 Å². The SMILES string of the molecule is O=C(C1CN(c2cc(C(F)(F)F)ncn2)C1)N1CCCC1. The molecule has 0 unspecified atom stereocenters. The first kappa shape index (κ1) is 14.1. The lowest BCUT2D eigenvalue weighted by Crippen LogP contribution is -2.54. The van der Waals surface area contributed by atoms with Gasteiger partial charge in [0, 0.05) is 32.2 Å². The Balaban J connectivity index is 1.62. The summed E-state index contributed by atoms with van der Waals surface area (Å²) in [4.78, 5) is 22.7. The number of hydrogen-bond acceptors (Lipinski definition) is 4. The van der Waals surface area contributed by atoms with Gasteiger partial charge >= 0.3 is 6.18 Å². The zero-order valence-electron chi connectivity index (χ0n) is 11.3. The fourth-order valence-corrected chi connectivity index (χ4v) is 2.69. The summed E-state index contributed by atoms with van der Waals surface area (Å²) >= 11 is 0. The first-order chi connectivity index (χ1) is 9.95. The average Bonchev–Trinajstić information content (AvgIpc) is 2.90. The summed E-state index contributed by atoms with van der Waals surface area (Å²) in [5.41, 5.74) is -0.957. The second kappa shape index (κ2) is 5.16. The maximum absolute atomic E-state index is 12.6. The molecule has 21 heavy (non-hydrogen) atoms. The summed E-state index contributed by atoms with van der Waals surface area (Å²) in [7, 11) is 0. The zero-order valence-corrected chi connectivity index (χ0v) is 11.3. The smallest absolute Gasteiger partial charge is 0.355 e. The number of rotatable bonds is 2. The number of hydrogen-bond donors (Lipinski definition) is 0. The summed E-state index contributed by atoms with van der Waals surface area (Å²) < 4.78 is 37.8. The molecule has 5 nitrogen and oxygen atoms in total. The largest absolute Gasteiger partial charge is 0.433 e. The minimum atomic E-state index is -4.48. The van der Waals surface area contributed by atoms with Crippen LogP contribution in [0.15, 0.2) is 12.4 Å². The van der Waals surface area contributed by atoms with Crippen LogP contribution in [0, 0.1) is 5.92 Å². The monoisotopic (exact) mass is 300 g/mol. The lowest BCUT2D eigenvalue weighted by atomic mass is 9.98. The van der Waals surface area contributed by atoms with E-state index in [1.54, 1.807) is 4.90 Å². The van der Waals surface area contributed by atoms with Crippen molar-refractivity contribution in [3.63, 3.8) is 0 Å². The maximum atomic E-state index is 12.6. The molecule has 0 aliphatic carbocycles. The molecule has 2 aliphatic rings. The number of likely N-dealkylation sites (tertiary alicyclic amines) is 1. The van der Waals surface area contributed by atoms with Gasteiger partial charge in [0.15, 0.2) is 0 Å². The number of halogens is 3. The van der Waals surface area contributed by atoms with E-state index in [4.69, 9.17) is 0 Å². The maximum Gasteiger partial charge on any atom is 0.433 e. The highest BCUT2D eigenvalue weighted by Gasteiger charge is 2.38. The minimum absolute atomic E-state index is 0.105. The van der Waals surface area contributed by atoms with Gasteiger partial charge in [-0.15, -0.1) is 0 Å². The third-order valence-electron chi connectivity index (χ3n) is 3.92. The minimum Gasteiger partial charge on any atom is -0.355 e. The number of anilines is 1. The van der Waals surface area contributed by atoms with Crippen LogP contribution >= 0.6 is 0 Å². The van der Waals surface area contributed by atoms with E-state index in [-0.39, 0.29) is 17.6 Å². The van der Waals surface area contributed by atoms with Gasteiger partial charge in [0.2, 0.25) is 5.91 Å². The summed E-state index contributed by atoms with van der Waals surface area (Å²) in [5.74, 6) is 0.198. The predicted octanol–water partition coefficient (Wildman–Crippen LogP) is 1.55. The molecule has 114 valence electrons. The van der Waals surface area contributed by atoms with Gasteiger partial charge in [-0.2, -0.15) is 13.2 Å². The lowest BCUT2D eigenvalue weighted by molar-refractivity contribution is -0.141. The molecule has 2 saturated heterocycles. The number of carbonyl (C=O) groups is 1. The van der Waals surface area contributed by atoms with Gasteiger partial charge in [0.05, 0.1) is 5.92 Å². The Labute approximate surface area is 119 Å². The highest BCUT2D eigenvalue weighted by atomic mass is 19.4. The second-order valence-electron chi connectivity index (χ2n) is 5.39. The number of carbonyl (C=O) groups excluding carboxylic acids is 1. The van der Waals surface area contributed by atoms with Crippen LogP contribution < -0.4 is 4.90 Å². The molecule has 1 aromatic heterocycles. The predicted molar refractivity (Wildman–Crippen MR) is 68.6 cm³/mol. The molecule has 0 aromatic carbocycles. The molecule has 1 amide bonds. The fraction of sp³-hybridized carbons (Fsp3) is 0.615. The van der Waals surface area contributed by atoms with Gasteiger partial charge in [0.25, 0.3) is 0 Å². The van der Waals surface area contributed by atoms with E-state index >= 15 is 0 Å². The molecule has 3 heterocycles. The van der Waals surface area contributed by atoms with Crippen molar-refractivity contribution < 1.29 is 18.0 Å². The molecular formula is C13H15F3N4O. The van der Waals surface area contributed by atoms with Crippen LogP contribution in [-0.4, -0.2) is 47.0 Å². The van der Waals surface area contributed by atoms with Crippen molar-refractivity contribution in [1.82, 2.24) is 14.9 Å². The summed E-state index contributed by atoms with van der Waals surface area (Å²) in [6.45, 7) is 2.43.